The molecule has 0 aliphatic heterocycles. The van der Waals surface area contributed by atoms with Crippen molar-refractivity contribution in [2.45, 2.75) is 31.8 Å². The van der Waals surface area contributed by atoms with Crippen LogP contribution in [0.25, 0.3) is 0 Å². The van der Waals surface area contributed by atoms with Crippen LogP contribution in [0.5, 0.6) is 0 Å². The molecule has 0 radical (unpaired) electrons. The maximum absolute atomic E-state index is 6.36. The van der Waals surface area contributed by atoms with Crippen LogP contribution in [0.15, 0.2) is 12.1 Å². The van der Waals surface area contributed by atoms with Gasteiger partial charge in [0.1, 0.15) is 0 Å². The molecule has 100 valence electrons. The number of nitrogens with two attached hydrogens (primary N) is 1. The third-order valence-corrected chi connectivity index (χ3v) is 5.95. The summed E-state index contributed by atoms with van der Waals surface area (Å²) < 4.78 is 0.884. The number of nitrogens with zero attached hydrogens (tertiary/aromatic N) is 1. The standard InChI is InChI=1S/C14H21ClN2S/c1-17(7-11-4-5-13(15)18-11)8-12-9-2-3-10(6-9)14(12)16/h4-5,9-10,12,14H,2-3,6-8,16H2,1H3. The highest BCUT2D eigenvalue weighted by Crippen LogP contribution is 2.47. The van der Waals surface area contributed by atoms with Crippen molar-refractivity contribution in [3.05, 3.63) is 21.3 Å². The van der Waals surface area contributed by atoms with Gasteiger partial charge in [0.25, 0.3) is 0 Å². The van der Waals surface area contributed by atoms with Crippen molar-refractivity contribution < 1.29 is 0 Å². The largest absolute Gasteiger partial charge is 0.327 e. The van der Waals surface area contributed by atoms with Crippen LogP contribution in [0.4, 0.5) is 0 Å². The molecule has 2 fully saturated rings. The van der Waals surface area contributed by atoms with E-state index in [1.165, 1.54) is 24.1 Å². The van der Waals surface area contributed by atoms with E-state index in [-0.39, 0.29) is 0 Å². The van der Waals surface area contributed by atoms with Gasteiger partial charge >= 0.3 is 0 Å². The summed E-state index contributed by atoms with van der Waals surface area (Å²) in [5.74, 6) is 2.41. The van der Waals surface area contributed by atoms with E-state index >= 15 is 0 Å². The predicted molar refractivity (Wildman–Crippen MR) is 78.0 cm³/mol. The quantitative estimate of drug-likeness (QED) is 0.920. The molecule has 3 rings (SSSR count). The lowest BCUT2D eigenvalue weighted by Crippen LogP contribution is -2.41. The van der Waals surface area contributed by atoms with Crippen molar-refractivity contribution >= 4 is 22.9 Å². The molecule has 1 heterocycles. The van der Waals surface area contributed by atoms with Crippen molar-refractivity contribution in [3.63, 3.8) is 0 Å². The summed E-state index contributed by atoms with van der Waals surface area (Å²) in [6.45, 7) is 2.13. The van der Waals surface area contributed by atoms with Crippen LogP contribution in [-0.2, 0) is 6.54 Å². The summed E-state index contributed by atoms with van der Waals surface area (Å²) in [6.07, 6.45) is 4.15. The summed E-state index contributed by atoms with van der Waals surface area (Å²) in [4.78, 5) is 3.76. The Morgan fingerprint density at radius 1 is 1.39 bits per heavy atom. The molecule has 0 saturated heterocycles. The Morgan fingerprint density at radius 2 is 2.17 bits per heavy atom. The van der Waals surface area contributed by atoms with E-state index in [2.05, 4.69) is 18.0 Å². The Labute approximate surface area is 118 Å². The zero-order chi connectivity index (χ0) is 12.7. The van der Waals surface area contributed by atoms with E-state index in [1.807, 2.05) is 6.07 Å². The highest BCUT2D eigenvalue weighted by molar-refractivity contribution is 7.16. The van der Waals surface area contributed by atoms with Crippen LogP contribution in [-0.4, -0.2) is 24.5 Å². The van der Waals surface area contributed by atoms with Crippen LogP contribution in [0.1, 0.15) is 24.1 Å². The van der Waals surface area contributed by atoms with Crippen LogP contribution in [0, 0.1) is 17.8 Å². The number of hydrogen-bond acceptors (Lipinski definition) is 3. The van der Waals surface area contributed by atoms with Gasteiger partial charge in [-0.15, -0.1) is 11.3 Å². The second kappa shape index (κ2) is 5.12. The molecule has 0 spiro atoms. The van der Waals surface area contributed by atoms with Gasteiger partial charge in [0.2, 0.25) is 0 Å². The lowest BCUT2D eigenvalue weighted by Gasteiger charge is -2.31. The van der Waals surface area contributed by atoms with Crippen molar-refractivity contribution in [2.24, 2.45) is 23.5 Å². The highest BCUT2D eigenvalue weighted by Gasteiger charge is 2.45. The molecule has 1 aromatic heterocycles. The maximum atomic E-state index is 6.36. The van der Waals surface area contributed by atoms with Crippen LogP contribution in [0.2, 0.25) is 4.34 Å². The van der Waals surface area contributed by atoms with Gasteiger partial charge in [-0.1, -0.05) is 11.6 Å². The smallest absolute Gasteiger partial charge is 0.0931 e. The second-order valence-corrected chi connectivity index (χ2v) is 7.78. The molecule has 2 saturated carbocycles. The number of fused-ring (bicyclic) bond motifs is 2. The number of halogens is 1. The fourth-order valence-electron chi connectivity index (χ4n) is 3.85. The van der Waals surface area contributed by atoms with E-state index in [0.717, 1.165) is 29.3 Å². The fraction of sp³-hybridized carbons (Fsp3) is 0.714. The molecule has 4 atom stereocenters. The van der Waals surface area contributed by atoms with Gasteiger partial charge in [-0.3, -0.25) is 0 Å². The SMILES string of the molecule is CN(Cc1ccc(Cl)s1)CC1C2CCC(C2)C1N. The predicted octanol–water partition coefficient (Wildman–Crippen LogP) is 3.21. The Morgan fingerprint density at radius 3 is 2.78 bits per heavy atom. The molecule has 4 heteroatoms. The molecule has 18 heavy (non-hydrogen) atoms. The van der Waals surface area contributed by atoms with E-state index in [9.17, 15) is 0 Å². The second-order valence-electron chi connectivity index (χ2n) is 5.98. The third kappa shape index (κ3) is 2.46. The van der Waals surface area contributed by atoms with Crippen molar-refractivity contribution in [1.29, 1.82) is 0 Å². The third-order valence-electron chi connectivity index (χ3n) is 4.74. The monoisotopic (exact) mass is 284 g/mol. The summed E-state index contributed by atoms with van der Waals surface area (Å²) in [5, 5.41) is 0. The Kier molecular flexibility index (Phi) is 3.68. The minimum absolute atomic E-state index is 0.443. The van der Waals surface area contributed by atoms with Gasteiger partial charge in [0.05, 0.1) is 4.34 Å². The van der Waals surface area contributed by atoms with Crippen LogP contribution in [0.3, 0.4) is 0 Å². The summed E-state index contributed by atoms with van der Waals surface area (Å²) in [7, 11) is 2.20. The molecule has 2 nitrogen and oxygen atoms in total. The molecule has 0 aromatic carbocycles. The van der Waals surface area contributed by atoms with Gasteiger partial charge in [-0.2, -0.15) is 0 Å². The molecular weight excluding hydrogens is 264 g/mol. The van der Waals surface area contributed by atoms with Gasteiger partial charge in [0, 0.05) is 24.0 Å². The zero-order valence-electron chi connectivity index (χ0n) is 10.8. The van der Waals surface area contributed by atoms with Gasteiger partial charge in [-0.25, -0.2) is 0 Å². The number of thiophene rings is 1. The molecule has 1 aromatic rings. The summed E-state index contributed by atoms with van der Waals surface area (Å²) >= 11 is 7.65. The van der Waals surface area contributed by atoms with E-state index in [0.29, 0.717) is 12.0 Å². The number of hydrogen-bond donors (Lipinski definition) is 1. The van der Waals surface area contributed by atoms with Gasteiger partial charge in [0.15, 0.2) is 0 Å². The lowest BCUT2D eigenvalue weighted by molar-refractivity contribution is 0.195. The minimum atomic E-state index is 0.443. The average Bonchev–Trinajstić information content (AvgIpc) is 2.99. The first-order valence-corrected chi connectivity index (χ1v) is 8.01. The van der Waals surface area contributed by atoms with Crippen LogP contribution >= 0.6 is 22.9 Å². The van der Waals surface area contributed by atoms with Crippen LogP contribution < -0.4 is 5.73 Å². The number of rotatable bonds is 4. The Balaban J connectivity index is 1.56. The first-order chi connectivity index (χ1) is 8.63. The van der Waals surface area contributed by atoms with Gasteiger partial charge < -0.3 is 10.6 Å². The van der Waals surface area contributed by atoms with Crippen molar-refractivity contribution in [3.8, 4) is 0 Å². The highest BCUT2D eigenvalue weighted by atomic mass is 35.5. The molecule has 2 N–H and O–H groups in total. The maximum Gasteiger partial charge on any atom is 0.0931 e. The topological polar surface area (TPSA) is 29.3 Å². The molecule has 0 amide bonds. The summed E-state index contributed by atoms with van der Waals surface area (Å²) in [6, 6.07) is 4.56. The Bertz CT molecular complexity index is 418. The molecule has 2 bridgehead atoms. The normalized spacial score (nSPS) is 34.7. The minimum Gasteiger partial charge on any atom is -0.327 e. The van der Waals surface area contributed by atoms with E-state index < -0.39 is 0 Å². The van der Waals surface area contributed by atoms with Crippen molar-refractivity contribution in [1.82, 2.24) is 4.90 Å². The first-order valence-electron chi connectivity index (χ1n) is 6.82. The first kappa shape index (κ1) is 12.9. The van der Waals surface area contributed by atoms with E-state index in [1.54, 1.807) is 11.3 Å². The molecule has 4 unspecified atom stereocenters. The zero-order valence-corrected chi connectivity index (χ0v) is 12.4. The Hall–Kier alpha value is -0.0900. The average molecular weight is 285 g/mol. The van der Waals surface area contributed by atoms with Crippen molar-refractivity contribution in [2.75, 3.05) is 13.6 Å². The molecule has 2 aliphatic carbocycles. The van der Waals surface area contributed by atoms with Gasteiger partial charge in [-0.05, 0) is 56.2 Å². The molecular formula is C14H21ClN2S. The summed E-state index contributed by atoms with van der Waals surface area (Å²) in [5.41, 5.74) is 6.36. The fourth-order valence-corrected chi connectivity index (χ4v) is 5.02. The lowest BCUT2D eigenvalue weighted by atomic mass is 9.84. The molecule has 2 aliphatic rings. The van der Waals surface area contributed by atoms with E-state index in [4.69, 9.17) is 17.3 Å².